The molecule has 3 heterocycles. The summed E-state index contributed by atoms with van der Waals surface area (Å²) in [5, 5.41) is 23.7. The van der Waals surface area contributed by atoms with Crippen molar-refractivity contribution in [2.75, 3.05) is 30.0 Å². The number of nitrogens with zero attached hydrogens (tertiary/aromatic N) is 6. The molecule has 4 aromatic rings. The van der Waals surface area contributed by atoms with Crippen LogP contribution in [0.1, 0.15) is 23.1 Å². The van der Waals surface area contributed by atoms with Crippen LogP contribution < -0.4 is 16.0 Å². The molecule has 3 aromatic heterocycles. The van der Waals surface area contributed by atoms with Crippen molar-refractivity contribution in [1.29, 1.82) is 0 Å². The van der Waals surface area contributed by atoms with Crippen LogP contribution in [0, 0.1) is 5.92 Å². The van der Waals surface area contributed by atoms with Gasteiger partial charge in [-0.3, -0.25) is 4.79 Å². The van der Waals surface area contributed by atoms with Gasteiger partial charge in [-0.2, -0.15) is 5.21 Å². The average molecular weight is 471 g/mol. The Morgan fingerprint density at radius 3 is 2.78 bits per heavy atom. The quantitative estimate of drug-likeness (QED) is 0.255. The number of aromatic amines is 1. The van der Waals surface area contributed by atoms with Crippen LogP contribution >= 0.6 is 23.1 Å². The summed E-state index contributed by atoms with van der Waals surface area (Å²) in [4.78, 5) is 26.6. The van der Waals surface area contributed by atoms with Gasteiger partial charge in [0.05, 0.1) is 16.8 Å². The van der Waals surface area contributed by atoms with E-state index in [0.717, 1.165) is 33.3 Å². The highest BCUT2D eigenvalue weighted by Gasteiger charge is 2.11. The fourth-order valence-electron chi connectivity index (χ4n) is 2.77. The predicted octanol–water partition coefficient (Wildman–Crippen LogP) is 2.41. The molecule has 0 aliphatic rings. The van der Waals surface area contributed by atoms with Gasteiger partial charge in [-0.1, -0.05) is 23.5 Å². The molecule has 32 heavy (non-hydrogen) atoms. The van der Waals surface area contributed by atoms with E-state index in [4.69, 9.17) is 0 Å². The van der Waals surface area contributed by atoms with E-state index in [1.165, 1.54) is 11.3 Å². The molecule has 0 aliphatic heterocycles. The molecule has 0 spiro atoms. The van der Waals surface area contributed by atoms with Crippen LogP contribution in [0.5, 0.6) is 0 Å². The third-order valence-corrected chi connectivity index (χ3v) is 6.18. The zero-order chi connectivity index (χ0) is 22.3. The second-order valence-corrected chi connectivity index (χ2v) is 8.94. The molecule has 0 saturated carbocycles. The number of hydrogen-bond donors (Lipinski definition) is 4. The summed E-state index contributed by atoms with van der Waals surface area (Å²) in [6, 6.07) is 5.44. The molecular weight excluding hydrogens is 448 g/mol. The maximum atomic E-state index is 12.4. The lowest BCUT2D eigenvalue weighted by Crippen LogP contribution is -2.23. The van der Waals surface area contributed by atoms with E-state index in [1.807, 2.05) is 30.8 Å². The van der Waals surface area contributed by atoms with E-state index < -0.39 is 0 Å². The zero-order valence-electron chi connectivity index (χ0n) is 17.5. The molecular formula is C19H22N10OS2. The summed E-state index contributed by atoms with van der Waals surface area (Å²) in [7, 11) is 0. The molecule has 0 bridgehead atoms. The zero-order valence-corrected chi connectivity index (χ0v) is 19.1. The van der Waals surface area contributed by atoms with Gasteiger partial charge in [-0.15, -0.1) is 22.0 Å². The van der Waals surface area contributed by atoms with Crippen LogP contribution in [0.2, 0.25) is 0 Å². The molecule has 1 atom stereocenters. The predicted molar refractivity (Wildman–Crippen MR) is 125 cm³/mol. The van der Waals surface area contributed by atoms with Gasteiger partial charge < -0.3 is 16.0 Å². The highest BCUT2D eigenvalue weighted by molar-refractivity contribution is 7.98. The van der Waals surface area contributed by atoms with E-state index in [1.54, 1.807) is 17.8 Å². The molecule has 0 radical (unpaired) electrons. The summed E-state index contributed by atoms with van der Waals surface area (Å²) >= 11 is 3.13. The van der Waals surface area contributed by atoms with Crippen molar-refractivity contribution >= 4 is 50.3 Å². The molecule has 166 valence electrons. The number of rotatable bonds is 10. The van der Waals surface area contributed by atoms with Gasteiger partial charge in [0.1, 0.15) is 0 Å². The lowest BCUT2D eigenvalue weighted by atomic mass is 10.2. The fourth-order valence-corrected chi connectivity index (χ4v) is 4.00. The van der Waals surface area contributed by atoms with Gasteiger partial charge in [0, 0.05) is 35.9 Å². The standard InChI is InChI=1S/C19H22N10OS2/c1-11(6-21-18-22-8-13(31-2)9-23-18)7-24-19-25-14-4-3-12(5-15(14)32-19)17(30)20-10-16-26-28-29-27-16/h3-5,8-9,11H,6-7,10H2,1-2H3,(H,20,30)(H,24,25)(H,21,22,23)(H,26,27,28,29)/t11-/m0/s1. The minimum atomic E-state index is -0.202. The van der Waals surface area contributed by atoms with Gasteiger partial charge in [0.15, 0.2) is 11.0 Å². The SMILES string of the molecule is CSc1cnc(NC[C@H](C)CNc2nc3ccc(C(=O)NCc4nn[nH]n4)cc3s2)nc1. The molecule has 13 heteroatoms. The van der Waals surface area contributed by atoms with Gasteiger partial charge in [0.25, 0.3) is 5.91 Å². The number of carbonyl (C=O) groups excluding carboxylic acids is 1. The topological polar surface area (TPSA) is 146 Å². The number of amides is 1. The second kappa shape index (κ2) is 10.3. The molecule has 4 N–H and O–H groups in total. The lowest BCUT2D eigenvalue weighted by molar-refractivity contribution is 0.0950. The van der Waals surface area contributed by atoms with Crippen LogP contribution in [0.15, 0.2) is 35.5 Å². The largest absolute Gasteiger partial charge is 0.361 e. The van der Waals surface area contributed by atoms with Gasteiger partial charge in [0.2, 0.25) is 5.95 Å². The fraction of sp³-hybridized carbons (Fsp3) is 0.316. The van der Waals surface area contributed by atoms with Crippen LogP contribution in [-0.4, -0.2) is 60.8 Å². The monoisotopic (exact) mass is 470 g/mol. The van der Waals surface area contributed by atoms with E-state index >= 15 is 0 Å². The van der Waals surface area contributed by atoms with Crippen LogP contribution in [0.4, 0.5) is 11.1 Å². The molecule has 0 fully saturated rings. The molecule has 0 unspecified atom stereocenters. The Hall–Kier alpha value is -3.32. The van der Waals surface area contributed by atoms with Crippen LogP contribution in [0.3, 0.4) is 0 Å². The molecule has 1 amide bonds. The third kappa shape index (κ3) is 5.68. The van der Waals surface area contributed by atoms with Crippen molar-refractivity contribution in [2.45, 2.75) is 18.4 Å². The second-order valence-electron chi connectivity index (χ2n) is 7.03. The van der Waals surface area contributed by atoms with Crippen molar-refractivity contribution in [2.24, 2.45) is 5.92 Å². The smallest absolute Gasteiger partial charge is 0.251 e. The molecule has 4 rings (SSSR count). The van der Waals surface area contributed by atoms with Crippen molar-refractivity contribution in [3.05, 3.63) is 42.0 Å². The summed E-state index contributed by atoms with van der Waals surface area (Å²) in [6.07, 6.45) is 5.61. The number of anilines is 2. The normalized spacial score (nSPS) is 11.9. The number of nitrogens with one attached hydrogen (secondary N) is 4. The molecule has 11 nitrogen and oxygen atoms in total. The first-order valence-corrected chi connectivity index (χ1v) is 11.9. The van der Waals surface area contributed by atoms with E-state index in [2.05, 4.69) is 58.5 Å². The first-order chi connectivity index (χ1) is 15.6. The Morgan fingerprint density at radius 2 is 2.03 bits per heavy atom. The highest BCUT2D eigenvalue weighted by atomic mass is 32.2. The van der Waals surface area contributed by atoms with Crippen LogP contribution in [-0.2, 0) is 6.54 Å². The Bertz CT molecular complexity index is 1160. The van der Waals surface area contributed by atoms with Gasteiger partial charge >= 0.3 is 0 Å². The first-order valence-electron chi connectivity index (χ1n) is 9.85. The summed E-state index contributed by atoms with van der Waals surface area (Å²) in [6.45, 7) is 3.83. The van der Waals surface area contributed by atoms with E-state index in [-0.39, 0.29) is 12.5 Å². The van der Waals surface area contributed by atoms with Crippen molar-refractivity contribution in [1.82, 2.24) is 40.9 Å². The minimum Gasteiger partial charge on any atom is -0.361 e. The number of thiazole rings is 1. The number of tetrazole rings is 1. The number of carbonyl (C=O) groups is 1. The van der Waals surface area contributed by atoms with Crippen molar-refractivity contribution in [3.63, 3.8) is 0 Å². The first kappa shape index (κ1) is 21.9. The minimum absolute atomic E-state index is 0.202. The van der Waals surface area contributed by atoms with E-state index in [9.17, 15) is 4.79 Å². The van der Waals surface area contributed by atoms with Gasteiger partial charge in [-0.25, -0.2) is 15.0 Å². The van der Waals surface area contributed by atoms with Crippen molar-refractivity contribution < 1.29 is 4.79 Å². The Balaban J connectivity index is 1.28. The maximum Gasteiger partial charge on any atom is 0.251 e. The van der Waals surface area contributed by atoms with Crippen molar-refractivity contribution in [3.8, 4) is 0 Å². The summed E-state index contributed by atoms with van der Waals surface area (Å²) < 4.78 is 0.938. The Morgan fingerprint density at radius 1 is 1.22 bits per heavy atom. The number of aromatic nitrogens is 7. The third-order valence-electron chi connectivity index (χ3n) is 4.52. The Labute approximate surface area is 192 Å². The number of thioether (sulfide) groups is 1. The number of benzene rings is 1. The number of hydrogen-bond acceptors (Lipinski definition) is 11. The number of fused-ring (bicyclic) bond motifs is 1. The summed E-state index contributed by atoms with van der Waals surface area (Å²) in [5.74, 6) is 1.18. The maximum absolute atomic E-state index is 12.4. The number of H-pyrrole nitrogens is 1. The van der Waals surface area contributed by atoms with E-state index in [0.29, 0.717) is 23.3 Å². The average Bonchev–Trinajstić information content (AvgIpc) is 3.49. The molecule has 0 aliphatic carbocycles. The highest BCUT2D eigenvalue weighted by Crippen LogP contribution is 2.27. The molecule has 0 saturated heterocycles. The Kier molecular flexibility index (Phi) is 7.07. The summed E-state index contributed by atoms with van der Waals surface area (Å²) in [5.41, 5.74) is 1.40. The molecule has 1 aromatic carbocycles. The van der Waals surface area contributed by atoms with Gasteiger partial charge in [-0.05, 0) is 30.4 Å². The lowest BCUT2D eigenvalue weighted by Gasteiger charge is -2.13. The van der Waals surface area contributed by atoms with Crippen LogP contribution in [0.25, 0.3) is 10.2 Å².